The van der Waals surface area contributed by atoms with Crippen LogP contribution in [0.3, 0.4) is 0 Å². The van der Waals surface area contributed by atoms with Crippen molar-refractivity contribution in [2.45, 2.75) is 20.8 Å². The van der Waals surface area contributed by atoms with Crippen molar-refractivity contribution < 1.29 is 4.84 Å². The Bertz CT molecular complexity index is 627. The smallest absolute Gasteiger partial charge is 0.117 e. The topological polar surface area (TPSA) is 21.6 Å². The predicted octanol–water partition coefficient (Wildman–Crippen LogP) is 5.40. The van der Waals surface area contributed by atoms with E-state index >= 15 is 0 Å². The molecule has 2 rings (SSSR count). The minimum absolute atomic E-state index is 0.517. The fourth-order valence-corrected chi connectivity index (χ4v) is 2.61. The Balaban J connectivity index is 2.58. The molecule has 0 N–H and O–H groups in total. The van der Waals surface area contributed by atoms with E-state index in [1.165, 1.54) is 0 Å². The third-order valence-corrected chi connectivity index (χ3v) is 3.64. The molecule has 0 saturated heterocycles. The molecule has 4 heteroatoms. The lowest BCUT2D eigenvalue weighted by Crippen LogP contribution is -2.08. The zero-order valence-corrected chi connectivity index (χ0v) is 13.8. The average Bonchev–Trinajstić information content (AvgIpc) is 2.42. The summed E-state index contributed by atoms with van der Waals surface area (Å²) in [5, 5.41) is 5.71. The highest BCUT2D eigenvalue weighted by Gasteiger charge is 2.14. The minimum atomic E-state index is 0.517. The number of rotatable bonds is 4. The van der Waals surface area contributed by atoms with Crippen LogP contribution in [0.5, 0.6) is 0 Å². The van der Waals surface area contributed by atoms with Gasteiger partial charge in [-0.15, -0.1) is 0 Å². The number of aryl methyl sites for hydroxylation is 2. The maximum Gasteiger partial charge on any atom is 0.117 e. The quantitative estimate of drug-likeness (QED) is 0.545. The molecule has 0 aliphatic heterocycles. The van der Waals surface area contributed by atoms with Crippen LogP contribution in [-0.2, 0) is 4.84 Å². The van der Waals surface area contributed by atoms with Gasteiger partial charge in [-0.25, -0.2) is 0 Å². The van der Waals surface area contributed by atoms with Gasteiger partial charge in [-0.3, -0.25) is 0 Å². The molecule has 0 radical (unpaired) electrons. The largest absolute Gasteiger partial charge is 0.396 e. The first-order valence-electron chi connectivity index (χ1n) is 6.76. The maximum atomic E-state index is 6.04. The molecule has 0 saturated carbocycles. The van der Waals surface area contributed by atoms with Crippen LogP contribution in [-0.4, -0.2) is 12.3 Å². The Morgan fingerprint density at radius 3 is 1.81 bits per heavy atom. The standard InChI is InChI=1S/C17H17Cl2NO/c1-4-21-20-17(15-7-5-13(18)9-11(15)2)16-8-6-14(19)10-12(16)3/h5-10H,4H2,1-3H3. The molecule has 0 bridgehead atoms. The van der Waals surface area contributed by atoms with Crippen molar-refractivity contribution in [3.05, 3.63) is 68.7 Å². The first-order chi connectivity index (χ1) is 10.0. The summed E-state index contributed by atoms with van der Waals surface area (Å²) in [7, 11) is 0. The molecule has 0 aliphatic rings. The molecule has 0 heterocycles. The van der Waals surface area contributed by atoms with E-state index in [0.717, 1.165) is 28.0 Å². The molecule has 110 valence electrons. The highest BCUT2D eigenvalue weighted by Crippen LogP contribution is 2.23. The molecule has 0 unspecified atom stereocenters. The van der Waals surface area contributed by atoms with Crippen molar-refractivity contribution >= 4 is 28.9 Å². The van der Waals surface area contributed by atoms with E-state index in [0.29, 0.717) is 16.7 Å². The van der Waals surface area contributed by atoms with Crippen molar-refractivity contribution in [1.82, 2.24) is 0 Å². The summed E-state index contributed by atoms with van der Waals surface area (Å²) in [6.07, 6.45) is 0. The molecule has 0 atom stereocenters. The maximum absolute atomic E-state index is 6.04. The van der Waals surface area contributed by atoms with Crippen molar-refractivity contribution in [3.8, 4) is 0 Å². The molecule has 2 aromatic carbocycles. The molecule has 21 heavy (non-hydrogen) atoms. The van der Waals surface area contributed by atoms with Gasteiger partial charge in [0, 0.05) is 21.2 Å². The number of nitrogens with zero attached hydrogens (tertiary/aromatic N) is 1. The van der Waals surface area contributed by atoms with Gasteiger partial charge in [0.2, 0.25) is 0 Å². The zero-order valence-electron chi connectivity index (χ0n) is 12.3. The number of hydrogen-bond donors (Lipinski definition) is 0. The van der Waals surface area contributed by atoms with Gasteiger partial charge >= 0.3 is 0 Å². The Labute approximate surface area is 135 Å². The predicted molar refractivity (Wildman–Crippen MR) is 89.6 cm³/mol. The molecular weight excluding hydrogens is 305 g/mol. The molecular formula is C17H17Cl2NO. The summed E-state index contributed by atoms with van der Waals surface area (Å²) in [5.41, 5.74) is 4.89. The van der Waals surface area contributed by atoms with Crippen LogP contribution in [0.4, 0.5) is 0 Å². The van der Waals surface area contributed by atoms with Gasteiger partial charge in [0.1, 0.15) is 12.3 Å². The second-order valence-electron chi connectivity index (χ2n) is 4.78. The fourth-order valence-electron chi connectivity index (χ4n) is 2.16. The number of oxime groups is 1. The normalized spacial score (nSPS) is 10.3. The van der Waals surface area contributed by atoms with Gasteiger partial charge in [0.05, 0.1) is 0 Å². The Morgan fingerprint density at radius 2 is 1.43 bits per heavy atom. The van der Waals surface area contributed by atoms with Crippen molar-refractivity contribution in [3.63, 3.8) is 0 Å². The molecule has 0 spiro atoms. The van der Waals surface area contributed by atoms with E-state index in [4.69, 9.17) is 28.0 Å². The molecule has 2 aromatic rings. The highest BCUT2D eigenvalue weighted by molar-refractivity contribution is 6.31. The molecule has 0 aliphatic carbocycles. The van der Waals surface area contributed by atoms with Crippen LogP contribution in [0.15, 0.2) is 41.6 Å². The van der Waals surface area contributed by atoms with E-state index in [1.54, 1.807) is 0 Å². The summed E-state index contributed by atoms with van der Waals surface area (Å²) in [6, 6.07) is 11.5. The number of benzene rings is 2. The van der Waals surface area contributed by atoms with Gasteiger partial charge < -0.3 is 4.84 Å². The summed E-state index contributed by atoms with van der Waals surface area (Å²) in [5.74, 6) is 0. The van der Waals surface area contributed by atoms with Crippen LogP contribution >= 0.6 is 23.2 Å². The Hall–Kier alpha value is -1.51. The van der Waals surface area contributed by atoms with E-state index in [1.807, 2.05) is 57.2 Å². The van der Waals surface area contributed by atoms with Crippen molar-refractivity contribution in [1.29, 1.82) is 0 Å². The van der Waals surface area contributed by atoms with Gasteiger partial charge in [-0.2, -0.15) is 0 Å². The van der Waals surface area contributed by atoms with Crippen LogP contribution in [0.1, 0.15) is 29.2 Å². The second kappa shape index (κ2) is 6.97. The lowest BCUT2D eigenvalue weighted by atomic mass is 9.95. The molecule has 2 nitrogen and oxygen atoms in total. The van der Waals surface area contributed by atoms with Gasteiger partial charge in [-0.1, -0.05) is 40.5 Å². The van der Waals surface area contributed by atoms with Crippen molar-refractivity contribution in [2.75, 3.05) is 6.61 Å². The summed E-state index contributed by atoms with van der Waals surface area (Å²) >= 11 is 12.1. The molecule has 0 amide bonds. The third-order valence-electron chi connectivity index (χ3n) is 3.17. The SMILES string of the molecule is CCON=C(c1ccc(Cl)cc1C)c1ccc(Cl)cc1C. The Morgan fingerprint density at radius 1 is 0.952 bits per heavy atom. The first-order valence-corrected chi connectivity index (χ1v) is 7.51. The number of halogens is 2. The van der Waals surface area contributed by atoms with E-state index in [-0.39, 0.29) is 0 Å². The molecule has 0 fully saturated rings. The lowest BCUT2D eigenvalue weighted by molar-refractivity contribution is 0.159. The van der Waals surface area contributed by atoms with E-state index in [9.17, 15) is 0 Å². The van der Waals surface area contributed by atoms with E-state index in [2.05, 4.69) is 5.16 Å². The van der Waals surface area contributed by atoms with Crippen LogP contribution in [0.2, 0.25) is 10.0 Å². The van der Waals surface area contributed by atoms with Gasteiger partial charge in [-0.05, 0) is 56.2 Å². The van der Waals surface area contributed by atoms with Crippen LogP contribution in [0.25, 0.3) is 0 Å². The first kappa shape index (κ1) is 15.9. The summed E-state index contributed by atoms with van der Waals surface area (Å²) < 4.78 is 0. The zero-order chi connectivity index (χ0) is 15.4. The number of hydrogen-bond acceptors (Lipinski definition) is 2. The van der Waals surface area contributed by atoms with Gasteiger partial charge in [0.25, 0.3) is 0 Å². The minimum Gasteiger partial charge on any atom is -0.396 e. The van der Waals surface area contributed by atoms with Gasteiger partial charge in [0.15, 0.2) is 0 Å². The second-order valence-corrected chi connectivity index (χ2v) is 5.65. The van der Waals surface area contributed by atoms with Crippen molar-refractivity contribution in [2.24, 2.45) is 5.16 Å². The summed E-state index contributed by atoms with van der Waals surface area (Å²) in [6.45, 7) is 6.44. The summed E-state index contributed by atoms with van der Waals surface area (Å²) in [4.78, 5) is 5.30. The Kier molecular flexibility index (Phi) is 5.27. The van der Waals surface area contributed by atoms with E-state index < -0.39 is 0 Å². The molecule has 0 aromatic heterocycles. The van der Waals surface area contributed by atoms with Crippen LogP contribution < -0.4 is 0 Å². The lowest BCUT2D eigenvalue weighted by Gasteiger charge is -2.12. The fraction of sp³-hybridized carbons (Fsp3) is 0.235. The highest BCUT2D eigenvalue weighted by atomic mass is 35.5. The monoisotopic (exact) mass is 321 g/mol. The third kappa shape index (κ3) is 3.78. The average molecular weight is 322 g/mol. The van der Waals surface area contributed by atoms with Crippen LogP contribution in [0, 0.1) is 13.8 Å².